The summed E-state index contributed by atoms with van der Waals surface area (Å²) >= 11 is 1.56. The maximum absolute atomic E-state index is 12.1. The van der Waals surface area contributed by atoms with Crippen LogP contribution in [0.25, 0.3) is 10.2 Å². The van der Waals surface area contributed by atoms with Crippen molar-refractivity contribution in [2.75, 3.05) is 5.32 Å². The van der Waals surface area contributed by atoms with E-state index in [-0.39, 0.29) is 11.9 Å². The van der Waals surface area contributed by atoms with Crippen LogP contribution in [0, 0.1) is 6.92 Å². The Balaban J connectivity index is 1.84. The molecule has 0 aliphatic rings. The van der Waals surface area contributed by atoms with Crippen molar-refractivity contribution in [3.05, 3.63) is 28.8 Å². The minimum Gasteiger partial charge on any atom is -0.288 e. The van der Waals surface area contributed by atoms with Gasteiger partial charge in [-0.15, -0.1) is 16.4 Å². The molecule has 1 N–H and O–H groups in total. The molecule has 0 radical (unpaired) electrons. The van der Waals surface area contributed by atoms with Gasteiger partial charge in [0.1, 0.15) is 0 Å². The maximum atomic E-state index is 12.1. The number of hydrogen-bond donors (Lipinski definition) is 1. The van der Waals surface area contributed by atoms with Crippen LogP contribution >= 0.6 is 11.3 Å². The summed E-state index contributed by atoms with van der Waals surface area (Å²) in [7, 11) is 0. The Labute approximate surface area is 118 Å². The molecular formula is C12H12N6OS. The molecule has 0 fully saturated rings. The van der Waals surface area contributed by atoms with E-state index in [1.807, 2.05) is 26.0 Å². The molecule has 0 aliphatic carbocycles. The highest BCUT2D eigenvalue weighted by atomic mass is 32.1. The van der Waals surface area contributed by atoms with Crippen molar-refractivity contribution in [2.45, 2.75) is 20.4 Å². The first-order valence-corrected chi connectivity index (χ1v) is 6.93. The molecule has 0 unspecified atom stereocenters. The maximum Gasteiger partial charge on any atom is 0.270 e. The zero-order valence-corrected chi connectivity index (χ0v) is 11.8. The van der Waals surface area contributed by atoms with Crippen LogP contribution in [0.4, 0.5) is 5.95 Å². The molecule has 2 heterocycles. The SMILES string of the molecule is CCn1nnc(NC(=O)c2ccc3nc(C)sc3c2)n1. The molecule has 0 atom stereocenters. The first-order chi connectivity index (χ1) is 9.65. The predicted octanol–water partition coefficient (Wildman–Crippen LogP) is 1.86. The van der Waals surface area contributed by atoms with Crippen LogP contribution < -0.4 is 5.32 Å². The van der Waals surface area contributed by atoms with Crippen LogP contribution in [0.15, 0.2) is 18.2 Å². The molecule has 0 aliphatic heterocycles. The van der Waals surface area contributed by atoms with Crippen LogP contribution in [0.1, 0.15) is 22.3 Å². The number of thiazole rings is 1. The zero-order chi connectivity index (χ0) is 14.1. The number of rotatable bonds is 3. The number of carbonyl (C=O) groups excluding carboxylic acids is 1. The van der Waals surface area contributed by atoms with Crippen LogP contribution in [-0.4, -0.2) is 31.1 Å². The van der Waals surface area contributed by atoms with Gasteiger partial charge in [-0.25, -0.2) is 4.98 Å². The number of tetrazole rings is 1. The van der Waals surface area contributed by atoms with E-state index in [0.29, 0.717) is 12.1 Å². The highest BCUT2D eigenvalue weighted by Crippen LogP contribution is 2.22. The molecule has 2 aromatic heterocycles. The molecule has 0 saturated carbocycles. The minimum atomic E-state index is -0.256. The fourth-order valence-electron chi connectivity index (χ4n) is 1.78. The Bertz CT molecular complexity index is 777. The summed E-state index contributed by atoms with van der Waals surface area (Å²) in [6, 6.07) is 5.39. The van der Waals surface area contributed by atoms with Crippen LogP contribution in [0.3, 0.4) is 0 Å². The van der Waals surface area contributed by atoms with Crippen molar-refractivity contribution in [1.82, 2.24) is 25.2 Å². The first-order valence-electron chi connectivity index (χ1n) is 6.12. The fourth-order valence-corrected chi connectivity index (χ4v) is 2.65. The molecule has 0 bridgehead atoms. The number of aromatic nitrogens is 5. The number of nitrogens with zero attached hydrogens (tertiary/aromatic N) is 5. The third-order valence-electron chi connectivity index (χ3n) is 2.72. The van der Waals surface area contributed by atoms with Gasteiger partial charge >= 0.3 is 0 Å². The Kier molecular flexibility index (Phi) is 3.15. The van der Waals surface area contributed by atoms with Gasteiger partial charge in [-0.2, -0.15) is 4.80 Å². The number of amides is 1. The van der Waals surface area contributed by atoms with Crippen molar-refractivity contribution in [3.8, 4) is 0 Å². The molecular weight excluding hydrogens is 276 g/mol. The third-order valence-corrected chi connectivity index (χ3v) is 3.65. The second-order valence-corrected chi connectivity index (χ2v) is 5.41. The van der Waals surface area contributed by atoms with Crippen molar-refractivity contribution in [3.63, 3.8) is 0 Å². The normalized spacial score (nSPS) is 10.9. The van der Waals surface area contributed by atoms with Crippen LogP contribution in [0.5, 0.6) is 0 Å². The van der Waals surface area contributed by atoms with Crippen LogP contribution in [0.2, 0.25) is 0 Å². The summed E-state index contributed by atoms with van der Waals surface area (Å²) < 4.78 is 0.986. The molecule has 0 spiro atoms. The number of carbonyl (C=O) groups is 1. The minimum absolute atomic E-state index is 0.206. The number of benzene rings is 1. The molecule has 20 heavy (non-hydrogen) atoms. The van der Waals surface area contributed by atoms with Crippen molar-refractivity contribution in [2.24, 2.45) is 0 Å². The Morgan fingerprint density at radius 3 is 3.05 bits per heavy atom. The van der Waals surface area contributed by atoms with E-state index < -0.39 is 0 Å². The molecule has 1 aromatic carbocycles. The molecule has 7 nitrogen and oxygen atoms in total. The lowest BCUT2D eigenvalue weighted by atomic mass is 10.2. The summed E-state index contributed by atoms with van der Waals surface area (Å²) in [5.74, 6) is -0.0500. The smallest absolute Gasteiger partial charge is 0.270 e. The molecule has 1 amide bonds. The number of anilines is 1. The topological polar surface area (TPSA) is 85.6 Å². The molecule has 3 rings (SSSR count). The molecule has 0 saturated heterocycles. The standard InChI is InChI=1S/C12H12N6OS/c1-3-18-16-12(15-17-18)14-11(19)8-4-5-9-10(6-8)20-7(2)13-9/h4-6H,3H2,1-2H3,(H,14,16,19). The highest BCUT2D eigenvalue weighted by Gasteiger charge is 2.11. The summed E-state index contributed by atoms with van der Waals surface area (Å²) in [6.45, 7) is 4.44. The van der Waals surface area contributed by atoms with E-state index in [1.54, 1.807) is 17.4 Å². The van der Waals surface area contributed by atoms with E-state index in [4.69, 9.17) is 0 Å². The summed E-state index contributed by atoms with van der Waals surface area (Å²) in [4.78, 5) is 17.9. The van der Waals surface area contributed by atoms with Gasteiger partial charge in [0.15, 0.2) is 0 Å². The van der Waals surface area contributed by atoms with E-state index in [9.17, 15) is 4.79 Å². The number of hydrogen-bond acceptors (Lipinski definition) is 6. The van der Waals surface area contributed by atoms with Gasteiger partial charge in [0.2, 0.25) is 0 Å². The number of nitrogens with one attached hydrogen (secondary N) is 1. The average Bonchev–Trinajstić information content (AvgIpc) is 3.02. The van der Waals surface area contributed by atoms with E-state index in [2.05, 4.69) is 25.7 Å². The van der Waals surface area contributed by atoms with Gasteiger partial charge in [0.25, 0.3) is 11.9 Å². The first kappa shape index (κ1) is 12.7. The second-order valence-electron chi connectivity index (χ2n) is 4.17. The van der Waals surface area contributed by atoms with E-state index >= 15 is 0 Å². The molecule has 102 valence electrons. The van der Waals surface area contributed by atoms with Gasteiger partial charge < -0.3 is 0 Å². The predicted molar refractivity (Wildman–Crippen MR) is 75.8 cm³/mol. The number of fused-ring (bicyclic) bond motifs is 1. The largest absolute Gasteiger partial charge is 0.288 e. The van der Waals surface area contributed by atoms with E-state index in [0.717, 1.165) is 15.2 Å². The summed E-state index contributed by atoms with van der Waals surface area (Å²) in [5, 5.41) is 15.2. The van der Waals surface area contributed by atoms with Gasteiger partial charge in [0.05, 0.1) is 21.8 Å². The van der Waals surface area contributed by atoms with Crippen LogP contribution in [-0.2, 0) is 6.54 Å². The number of aryl methyl sites for hydroxylation is 2. The highest BCUT2D eigenvalue weighted by molar-refractivity contribution is 7.18. The average molecular weight is 288 g/mol. The Morgan fingerprint density at radius 1 is 1.45 bits per heavy atom. The lowest BCUT2D eigenvalue weighted by molar-refractivity contribution is 0.102. The second kappa shape index (κ2) is 4.97. The Morgan fingerprint density at radius 2 is 2.30 bits per heavy atom. The van der Waals surface area contributed by atoms with Gasteiger partial charge in [-0.05, 0) is 37.3 Å². The summed E-state index contributed by atoms with van der Waals surface area (Å²) in [6.07, 6.45) is 0. The third kappa shape index (κ3) is 2.37. The quantitative estimate of drug-likeness (QED) is 0.795. The Hall–Kier alpha value is -2.35. The summed E-state index contributed by atoms with van der Waals surface area (Å²) in [5.41, 5.74) is 1.45. The monoisotopic (exact) mass is 288 g/mol. The fraction of sp³-hybridized carbons (Fsp3) is 0.250. The molecule has 8 heteroatoms. The van der Waals surface area contributed by atoms with E-state index in [1.165, 1.54) is 4.80 Å². The lowest BCUT2D eigenvalue weighted by Gasteiger charge is -2.00. The van der Waals surface area contributed by atoms with Gasteiger partial charge in [-0.3, -0.25) is 10.1 Å². The lowest BCUT2D eigenvalue weighted by Crippen LogP contribution is -2.13. The van der Waals surface area contributed by atoms with Gasteiger partial charge in [0, 0.05) is 5.56 Å². The van der Waals surface area contributed by atoms with Crippen molar-refractivity contribution in [1.29, 1.82) is 0 Å². The van der Waals surface area contributed by atoms with Crippen molar-refractivity contribution < 1.29 is 4.79 Å². The zero-order valence-electron chi connectivity index (χ0n) is 11.0. The van der Waals surface area contributed by atoms with Gasteiger partial charge in [-0.1, -0.05) is 5.10 Å². The molecule has 3 aromatic rings. The van der Waals surface area contributed by atoms with Crippen molar-refractivity contribution >= 4 is 33.4 Å².